The van der Waals surface area contributed by atoms with Crippen LogP contribution in [0, 0.1) is 0 Å². The highest BCUT2D eigenvalue weighted by Gasteiger charge is 2.15. The molecule has 2 heterocycles. The summed E-state index contributed by atoms with van der Waals surface area (Å²) < 4.78 is 12.6. The van der Waals surface area contributed by atoms with E-state index in [0.717, 1.165) is 19.4 Å². The first-order chi connectivity index (χ1) is 11.7. The minimum atomic E-state index is -0.322. The number of rotatable bonds is 5. The zero-order valence-corrected chi connectivity index (χ0v) is 13.7. The van der Waals surface area contributed by atoms with Crippen molar-refractivity contribution in [3.05, 3.63) is 36.7 Å². The fourth-order valence-electron chi connectivity index (χ4n) is 2.68. The largest absolute Gasteiger partial charge is 0.497 e. The Bertz CT molecular complexity index is 680. The van der Waals surface area contributed by atoms with Crippen LogP contribution in [0.4, 0.5) is 16.2 Å². The summed E-state index contributed by atoms with van der Waals surface area (Å²) in [4.78, 5) is 12.1. The highest BCUT2D eigenvalue weighted by Crippen LogP contribution is 2.18. The van der Waals surface area contributed by atoms with Crippen LogP contribution >= 0.6 is 0 Å². The van der Waals surface area contributed by atoms with Gasteiger partial charge in [0.15, 0.2) is 0 Å². The van der Waals surface area contributed by atoms with Gasteiger partial charge in [-0.1, -0.05) is 6.07 Å². The predicted molar refractivity (Wildman–Crippen MR) is 91.5 cm³/mol. The summed E-state index contributed by atoms with van der Waals surface area (Å²) in [5, 5.41) is 9.81. The van der Waals surface area contributed by atoms with E-state index in [1.54, 1.807) is 30.1 Å². The summed E-state index contributed by atoms with van der Waals surface area (Å²) in [6, 6.07) is 6.86. The monoisotopic (exact) mass is 330 g/mol. The average Bonchev–Trinajstić information content (AvgIpc) is 3.02. The Morgan fingerprint density at radius 2 is 2.25 bits per heavy atom. The lowest BCUT2D eigenvalue weighted by molar-refractivity contribution is 0.00401. The van der Waals surface area contributed by atoms with Gasteiger partial charge in [-0.25, -0.2) is 4.79 Å². The van der Waals surface area contributed by atoms with Crippen molar-refractivity contribution in [1.82, 2.24) is 9.78 Å². The number of benzene rings is 1. The van der Waals surface area contributed by atoms with Crippen LogP contribution in [-0.2, 0) is 11.3 Å². The van der Waals surface area contributed by atoms with Gasteiger partial charge in [-0.05, 0) is 31.4 Å². The van der Waals surface area contributed by atoms with Crippen LogP contribution in [0.1, 0.15) is 19.3 Å². The number of anilines is 2. The Balaban J connectivity index is 1.52. The van der Waals surface area contributed by atoms with Gasteiger partial charge in [-0.3, -0.25) is 4.68 Å². The molecule has 7 heteroatoms. The molecule has 7 nitrogen and oxygen atoms in total. The van der Waals surface area contributed by atoms with Crippen molar-refractivity contribution in [2.24, 2.45) is 0 Å². The standard InChI is InChI=1S/C17H22N4O3/c1-23-15-7-4-5-13(9-15)19-17(22)20-14-10-18-21(11-14)12-16-6-2-3-8-24-16/h4-5,7,9-11,16H,2-3,6,8,12H2,1H3,(H2,19,20,22). The molecule has 1 aliphatic rings. The smallest absolute Gasteiger partial charge is 0.323 e. The molecule has 1 unspecified atom stereocenters. The normalized spacial score (nSPS) is 17.3. The van der Waals surface area contributed by atoms with Gasteiger partial charge < -0.3 is 20.1 Å². The Morgan fingerprint density at radius 1 is 1.38 bits per heavy atom. The van der Waals surface area contributed by atoms with Crippen molar-refractivity contribution < 1.29 is 14.3 Å². The molecule has 0 radical (unpaired) electrons. The molecular formula is C17H22N4O3. The number of carbonyl (C=O) groups excluding carboxylic acids is 1. The quantitative estimate of drug-likeness (QED) is 0.883. The third kappa shape index (κ3) is 4.48. The molecule has 24 heavy (non-hydrogen) atoms. The maximum atomic E-state index is 12.1. The Morgan fingerprint density at radius 3 is 3.04 bits per heavy atom. The Hall–Kier alpha value is -2.54. The molecule has 2 amide bonds. The molecule has 0 saturated carbocycles. The molecule has 1 atom stereocenters. The first-order valence-electron chi connectivity index (χ1n) is 8.09. The SMILES string of the molecule is COc1cccc(NC(=O)Nc2cnn(CC3CCCCO3)c2)c1. The number of urea groups is 1. The van der Waals surface area contributed by atoms with Gasteiger partial charge in [0.2, 0.25) is 0 Å². The second kappa shape index (κ2) is 7.83. The first-order valence-corrected chi connectivity index (χ1v) is 8.09. The lowest BCUT2D eigenvalue weighted by Gasteiger charge is -2.22. The van der Waals surface area contributed by atoms with Gasteiger partial charge in [0.05, 0.1) is 31.6 Å². The Kier molecular flexibility index (Phi) is 5.32. The average molecular weight is 330 g/mol. The summed E-state index contributed by atoms with van der Waals surface area (Å²) in [6.07, 6.45) is 7.03. The van der Waals surface area contributed by atoms with E-state index in [1.165, 1.54) is 6.42 Å². The molecule has 1 aromatic carbocycles. The molecule has 1 aromatic heterocycles. The number of carbonyl (C=O) groups is 1. The van der Waals surface area contributed by atoms with Crippen LogP contribution in [0.5, 0.6) is 5.75 Å². The van der Waals surface area contributed by atoms with Crippen LogP contribution in [0.3, 0.4) is 0 Å². The van der Waals surface area contributed by atoms with E-state index >= 15 is 0 Å². The number of hydrogen-bond donors (Lipinski definition) is 2. The van der Waals surface area contributed by atoms with Gasteiger partial charge in [-0.2, -0.15) is 5.10 Å². The third-order valence-electron chi connectivity index (χ3n) is 3.88. The molecule has 1 saturated heterocycles. The van der Waals surface area contributed by atoms with Gasteiger partial charge in [0, 0.05) is 24.6 Å². The number of nitrogens with one attached hydrogen (secondary N) is 2. The van der Waals surface area contributed by atoms with E-state index in [4.69, 9.17) is 9.47 Å². The van der Waals surface area contributed by atoms with E-state index in [0.29, 0.717) is 23.7 Å². The number of aromatic nitrogens is 2. The van der Waals surface area contributed by atoms with Crippen molar-refractivity contribution in [2.45, 2.75) is 31.9 Å². The Labute approximate surface area is 140 Å². The van der Waals surface area contributed by atoms with Gasteiger partial charge in [0.25, 0.3) is 0 Å². The molecule has 0 bridgehead atoms. The van der Waals surface area contributed by atoms with Crippen LogP contribution in [-0.4, -0.2) is 35.6 Å². The second-order valence-electron chi connectivity index (χ2n) is 5.75. The third-order valence-corrected chi connectivity index (χ3v) is 3.88. The van der Waals surface area contributed by atoms with Gasteiger partial charge in [0.1, 0.15) is 5.75 Å². The fourth-order valence-corrected chi connectivity index (χ4v) is 2.68. The number of nitrogens with zero attached hydrogens (tertiary/aromatic N) is 2. The fraction of sp³-hybridized carbons (Fsp3) is 0.412. The molecule has 2 N–H and O–H groups in total. The van der Waals surface area contributed by atoms with E-state index in [1.807, 2.05) is 18.3 Å². The summed E-state index contributed by atoms with van der Waals surface area (Å²) >= 11 is 0. The van der Waals surface area contributed by atoms with Crippen LogP contribution in [0.15, 0.2) is 36.7 Å². The highest BCUT2D eigenvalue weighted by molar-refractivity contribution is 5.99. The second-order valence-corrected chi connectivity index (χ2v) is 5.75. The molecule has 0 spiro atoms. The number of ether oxygens (including phenoxy) is 2. The number of methoxy groups -OCH3 is 1. The van der Waals surface area contributed by atoms with Crippen molar-refractivity contribution in [2.75, 3.05) is 24.4 Å². The maximum Gasteiger partial charge on any atom is 0.323 e. The number of hydrogen-bond acceptors (Lipinski definition) is 4. The molecule has 1 fully saturated rings. The van der Waals surface area contributed by atoms with Crippen molar-refractivity contribution in [3.8, 4) is 5.75 Å². The summed E-state index contributed by atoms with van der Waals surface area (Å²) in [5.74, 6) is 0.688. The van der Waals surface area contributed by atoms with Gasteiger partial charge in [-0.15, -0.1) is 0 Å². The zero-order valence-electron chi connectivity index (χ0n) is 13.7. The minimum Gasteiger partial charge on any atom is -0.497 e. The molecular weight excluding hydrogens is 308 g/mol. The van der Waals surface area contributed by atoms with E-state index < -0.39 is 0 Å². The summed E-state index contributed by atoms with van der Waals surface area (Å²) in [7, 11) is 1.59. The molecule has 0 aliphatic carbocycles. The van der Waals surface area contributed by atoms with Crippen molar-refractivity contribution in [3.63, 3.8) is 0 Å². The maximum absolute atomic E-state index is 12.1. The highest BCUT2D eigenvalue weighted by atomic mass is 16.5. The van der Waals surface area contributed by atoms with Crippen LogP contribution in [0.2, 0.25) is 0 Å². The molecule has 2 aromatic rings. The van der Waals surface area contributed by atoms with Crippen LogP contribution in [0.25, 0.3) is 0 Å². The minimum absolute atomic E-state index is 0.206. The lowest BCUT2D eigenvalue weighted by atomic mass is 10.1. The van der Waals surface area contributed by atoms with E-state index in [-0.39, 0.29) is 12.1 Å². The lowest BCUT2D eigenvalue weighted by Crippen LogP contribution is -2.24. The van der Waals surface area contributed by atoms with Gasteiger partial charge >= 0.3 is 6.03 Å². The first kappa shape index (κ1) is 16.3. The molecule has 3 rings (SSSR count). The van der Waals surface area contributed by atoms with Crippen molar-refractivity contribution >= 4 is 17.4 Å². The summed E-state index contributed by atoms with van der Waals surface area (Å²) in [6.45, 7) is 1.53. The van der Waals surface area contributed by atoms with Crippen molar-refractivity contribution in [1.29, 1.82) is 0 Å². The number of amides is 2. The summed E-state index contributed by atoms with van der Waals surface area (Å²) in [5.41, 5.74) is 1.31. The predicted octanol–water partition coefficient (Wildman–Crippen LogP) is 3.10. The van der Waals surface area contributed by atoms with Crippen LogP contribution < -0.4 is 15.4 Å². The van der Waals surface area contributed by atoms with E-state index in [2.05, 4.69) is 15.7 Å². The zero-order chi connectivity index (χ0) is 16.8. The molecule has 1 aliphatic heterocycles. The molecule has 128 valence electrons. The van der Waals surface area contributed by atoms with E-state index in [9.17, 15) is 4.79 Å². The topological polar surface area (TPSA) is 77.4 Å².